The van der Waals surface area contributed by atoms with Crippen molar-refractivity contribution < 1.29 is 14.3 Å². The van der Waals surface area contributed by atoms with Gasteiger partial charge in [0.2, 0.25) is 0 Å². The molecule has 0 spiro atoms. The first-order valence-electron chi connectivity index (χ1n) is 10.1. The third-order valence-electron chi connectivity index (χ3n) is 5.44. The van der Waals surface area contributed by atoms with E-state index in [9.17, 15) is 4.79 Å². The summed E-state index contributed by atoms with van der Waals surface area (Å²) in [7, 11) is 8.02. The van der Waals surface area contributed by atoms with E-state index < -0.39 is 0 Å². The van der Waals surface area contributed by atoms with Crippen molar-refractivity contribution in [3.8, 4) is 16.9 Å². The molecule has 3 aromatic rings. The van der Waals surface area contributed by atoms with Crippen molar-refractivity contribution in [1.82, 2.24) is 19.4 Å². The van der Waals surface area contributed by atoms with Crippen LogP contribution in [0, 0.1) is 0 Å². The van der Waals surface area contributed by atoms with Gasteiger partial charge in [-0.15, -0.1) is 0 Å². The third kappa shape index (κ3) is 3.44. The summed E-state index contributed by atoms with van der Waals surface area (Å²) in [5.74, 6) is 0.533. The molecule has 158 valence electrons. The van der Waals surface area contributed by atoms with Crippen molar-refractivity contribution in [3.05, 3.63) is 47.4 Å². The van der Waals surface area contributed by atoms with Crippen molar-refractivity contribution in [2.45, 2.75) is 20.0 Å². The molecule has 0 unspecified atom stereocenters. The second-order valence-corrected chi connectivity index (χ2v) is 7.99. The largest absolute Gasteiger partial charge is 0.477 e. The molecule has 0 saturated carbocycles. The van der Waals surface area contributed by atoms with Gasteiger partial charge in [-0.3, -0.25) is 9.88 Å². The van der Waals surface area contributed by atoms with E-state index in [0.717, 1.165) is 39.0 Å². The average molecular weight is 409 g/mol. The molecule has 1 aliphatic rings. The SMILES string of the molecule is CCOC(=O)c1c(CN(C)C)n(C)c2cc(-c3cccnc3)c3c(c12)CN(C)CO3. The highest BCUT2D eigenvalue weighted by Gasteiger charge is 2.30. The quantitative estimate of drug-likeness (QED) is 0.604. The van der Waals surface area contributed by atoms with Gasteiger partial charge in [0.1, 0.15) is 12.5 Å². The maximum absolute atomic E-state index is 13.1. The number of nitrogens with zero attached hydrogens (tertiary/aromatic N) is 4. The average Bonchev–Trinajstić information content (AvgIpc) is 3.00. The van der Waals surface area contributed by atoms with Gasteiger partial charge < -0.3 is 18.9 Å². The first-order valence-corrected chi connectivity index (χ1v) is 10.1. The number of hydrogen-bond acceptors (Lipinski definition) is 6. The minimum atomic E-state index is -0.287. The molecular formula is C23H28N4O3. The van der Waals surface area contributed by atoms with E-state index in [4.69, 9.17) is 9.47 Å². The Kier molecular flexibility index (Phi) is 5.49. The lowest BCUT2D eigenvalue weighted by molar-refractivity contribution is 0.0526. The molecule has 30 heavy (non-hydrogen) atoms. The Labute approximate surface area is 176 Å². The number of carbonyl (C=O) groups excluding carboxylic acids is 1. The lowest BCUT2D eigenvalue weighted by Gasteiger charge is -2.28. The van der Waals surface area contributed by atoms with Crippen molar-refractivity contribution in [3.63, 3.8) is 0 Å². The second kappa shape index (κ2) is 8.08. The first-order chi connectivity index (χ1) is 14.4. The van der Waals surface area contributed by atoms with Gasteiger partial charge in [-0.05, 0) is 40.2 Å². The smallest absolute Gasteiger partial charge is 0.340 e. The molecule has 0 amide bonds. The standard InChI is InChI=1S/C23H28N4O3/c1-6-29-23(28)21-19(13-25(2)3)27(5)18-10-16(15-8-7-9-24-11-15)22-17(20(18)21)12-26(4)14-30-22/h7-11H,6,12-14H2,1-5H3. The molecular weight excluding hydrogens is 380 g/mol. The molecule has 0 fully saturated rings. The summed E-state index contributed by atoms with van der Waals surface area (Å²) in [6.07, 6.45) is 3.61. The Morgan fingerprint density at radius 3 is 2.80 bits per heavy atom. The zero-order valence-electron chi connectivity index (χ0n) is 18.2. The van der Waals surface area contributed by atoms with Gasteiger partial charge in [0.05, 0.1) is 17.7 Å². The predicted octanol–water partition coefficient (Wildman–Crippen LogP) is 3.26. The van der Waals surface area contributed by atoms with Crippen LogP contribution in [0.4, 0.5) is 0 Å². The molecule has 4 rings (SSSR count). The molecule has 7 heteroatoms. The molecule has 0 radical (unpaired) electrons. The fraction of sp³-hybridized carbons (Fsp3) is 0.391. The van der Waals surface area contributed by atoms with E-state index in [1.165, 1.54) is 0 Å². The number of benzene rings is 1. The minimum absolute atomic E-state index is 0.287. The Morgan fingerprint density at radius 1 is 1.33 bits per heavy atom. The van der Waals surface area contributed by atoms with Gasteiger partial charge in [-0.1, -0.05) is 6.07 Å². The number of esters is 1. The first kappa shape index (κ1) is 20.4. The summed E-state index contributed by atoms with van der Waals surface area (Å²) >= 11 is 0. The summed E-state index contributed by atoms with van der Waals surface area (Å²) in [5, 5.41) is 0.919. The molecule has 1 aliphatic heterocycles. The topological polar surface area (TPSA) is 59.8 Å². The fourth-order valence-corrected chi connectivity index (χ4v) is 4.16. The van der Waals surface area contributed by atoms with E-state index >= 15 is 0 Å². The zero-order chi connectivity index (χ0) is 21.4. The van der Waals surface area contributed by atoms with Crippen LogP contribution in [0.5, 0.6) is 5.75 Å². The second-order valence-electron chi connectivity index (χ2n) is 7.99. The van der Waals surface area contributed by atoms with Crippen molar-refractivity contribution in [1.29, 1.82) is 0 Å². The van der Waals surface area contributed by atoms with E-state index in [1.807, 2.05) is 53.4 Å². The molecule has 1 aromatic carbocycles. The Hall–Kier alpha value is -2.90. The maximum atomic E-state index is 13.1. The van der Waals surface area contributed by atoms with Crippen LogP contribution in [0.3, 0.4) is 0 Å². The summed E-state index contributed by atoms with van der Waals surface area (Å²) < 4.78 is 13.8. The number of aryl methyl sites for hydroxylation is 1. The highest BCUT2D eigenvalue weighted by atomic mass is 16.5. The molecule has 0 atom stereocenters. The molecule has 2 aromatic heterocycles. The summed E-state index contributed by atoms with van der Waals surface area (Å²) in [5.41, 5.74) is 5.57. The Balaban J connectivity index is 2.08. The van der Waals surface area contributed by atoms with E-state index in [0.29, 0.717) is 32.0 Å². The number of carbonyl (C=O) groups is 1. The van der Waals surface area contributed by atoms with Gasteiger partial charge >= 0.3 is 5.97 Å². The highest BCUT2D eigenvalue weighted by molar-refractivity contribution is 6.09. The van der Waals surface area contributed by atoms with Crippen LogP contribution < -0.4 is 4.74 Å². The number of ether oxygens (including phenoxy) is 2. The van der Waals surface area contributed by atoms with E-state index in [1.54, 1.807) is 6.20 Å². The van der Waals surface area contributed by atoms with Crippen LogP contribution in [-0.4, -0.2) is 59.8 Å². The van der Waals surface area contributed by atoms with Gasteiger partial charge in [-0.25, -0.2) is 4.79 Å². The van der Waals surface area contributed by atoms with Crippen molar-refractivity contribution >= 4 is 16.9 Å². The summed E-state index contributed by atoms with van der Waals surface area (Å²) in [6.45, 7) is 3.99. The van der Waals surface area contributed by atoms with Crippen LogP contribution in [0.2, 0.25) is 0 Å². The lowest BCUT2D eigenvalue weighted by Crippen LogP contribution is -2.28. The van der Waals surface area contributed by atoms with Crippen LogP contribution >= 0.6 is 0 Å². The number of fused-ring (bicyclic) bond motifs is 3. The predicted molar refractivity (Wildman–Crippen MR) is 116 cm³/mol. The molecule has 0 bridgehead atoms. The highest BCUT2D eigenvalue weighted by Crippen LogP contribution is 2.43. The van der Waals surface area contributed by atoms with E-state index in [2.05, 4.69) is 25.4 Å². The molecule has 0 saturated heterocycles. The fourth-order valence-electron chi connectivity index (χ4n) is 4.16. The van der Waals surface area contributed by atoms with Crippen molar-refractivity contribution in [2.75, 3.05) is 34.5 Å². The minimum Gasteiger partial charge on any atom is -0.477 e. The zero-order valence-corrected chi connectivity index (χ0v) is 18.2. The molecule has 0 aliphatic carbocycles. The number of aromatic nitrogens is 2. The van der Waals surface area contributed by atoms with Crippen LogP contribution in [0.1, 0.15) is 28.5 Å². The number of pyridine rings is 1. The summed E-state index contributed by atoms with van der Waals surface area (Å²) in [6, 6.07) is 6.07. The Morgan fingerprint density at radius 2 is 2.13 bits per heavy atom. The van der Waals surface area contributed by atoms with Gasteiger partial charge in [-0.2, -0.15) is 0 Å². The lowest BCUT2D eigenvalue weighted by atomic mass is 9.96. The number of rotatable bonds is 5. The Bertz CT molecular complexity index is 1090. The maximum Gasteiger partial charge on any atom is 0.340 e. The normalized spacial score (nSPS) is 14.1. The van der Waals surface area contributed by atoms with Gasteiger partial charge in [0.25, 0.3) is 0 Å². The monoisotopic (exact) mass is 408 g/mol. The van der Waals surface area contributed by atoms with Crippen LogP contribution in [0.15, 0.2) is 30.6 Å². The molecule has 3 heterocycles. The van der Waals surface area contributed by atoms with Gasteiger partial charge in [0, 0.05) is 60.3 Å². The molecule has 0 N–H and O–H groups in total. The van der Waals surface area contributed by atoms with Crippen molar-refractivity contribution in [2.24, 2.45) is 7.05 Å². The van der Waals surface area contributed by atoms with Crippen LogP contribution in [0.25, 0.3) is 22.0 Å². The summed E-state index contributed by atoms with van der Waals surface area (Å²) in [4.78, 5) is 21.5. The third-order valence-corrected chi connectivity index (χ3v) is 5.44. The van der Waals surface area contributed by atoms with Gasteiger partial charge in [0.15, 0.2) is 0 Å². The van der Waals surface area contributed by atoms with Crippen LogP contribution in [-0.2, 0) is 24.9 Å². The van der Waals surface area contributed by atoms with E-state index in [-0.39, 0.29) is 5.97 Å². The number of hydrogen-bond donors (Lipinski definition) is 0. The molecule has 7 nitrogen and oxygen atoms in total.